The van der Waals surface area contributed by atoms with Crippen LogP contribution in [0.25, 0.3) is 0 Å². The van der Waals surface area contributed by atoms with E-state index < -0.39 is 0 Å². The van der Waals surface area contributed by atoms with E-state index in [1.165, 1.54) is 51.4 Å². The molecule has 0 aliphatic heterocycles. The van der Waals surface area contributed by atoms with Crippen molar-refractivity contribution in [1.82, 2.24) is 0 Å². The minimum atomic E-state index is 0.375. The summed E-state index contributed by atoms with van der Waals surface area (Å²) >= 11 is 0. The lowest BCUT2D eigenvalue weighted by Gasteiger charge is -2.49. The van der Waals surface area contributed by atoms with E-state index >= 15 is 0 Å². The van der Waals surface area contributed by atoms with Crippen LogP contribution >= 0.6 is 0 Å². The van der Waals surface area contributed by atoms with Crippen molar-refractivity contribution in [2.24, 2.45) is 156 Å². The van der Waals surface area contributed by atoms with Crippen LogP contribution in [0.2, 0.25) is 0 Å². The fourth-order valence-electron chi connectivity index (χ4n) is 13.3. The average Bonchev–Trinajstić information content (AvgIpc) is 0.799. The Labute approximate surface area is 653 Å². The van der Waals surface area contributed by atoms with Crippen LogP contribution in [0.5, 0.6) is 0 Å². The zero-order valence-electron chi connectivity index (χ0n) is 85.4. The SMILES string of the molecule is CC(C(C)(C)C)C(C)(C)C(C)(C)C.CC(C)C(C)(C)C(C)(C)C.CC(C)C(C)C(C)(C)C(C)(C)C.CCC(C)(C(C)C(C)C)C(C)(C)C.CCC(C)(C(C)C)C(C)(C)C.CCC(C)(C)C(C)(C)C.CCC(C)(CC)C(C)(C)C.CCC(C)C(C)(C)C(C)(C)C.CCC(C)C(C)(CC)C(C)(C)C. The Kier molecular flexibility index (Phi) is 52.2. The van der Waals surface area contributed by atoms with Gasteiger partial charge in [0.05, 0.1) is 0 Å². The summed E-state index contributed by atoms with van der Waals surface area (Å²) in [6.45, 7) is 152. The van der Waals surface area contributed by atoms with Crippen LogP contribution in [0.4, 0.5) is 0 Å². The fraction of sp³-hybridized carbons (Fsp3) is 1.00. The molecule has 0 saturated carbocycles. The van der Waals surface area contributed by atoms with Crippen LogP contribution in [-0.2, 0) is 0 Å². The first-order valence-corrected chi connectivity index (χ1v) is 43.3. The molecule has 0 bridgehead atoms. The van der Waals surface area contributed by atoms with Crippen LogP contribution in [0.1, 0.15) is 501 Å². The summed E-state index contributed by atoms with van der Waals surface area (Å²) in [5, 5.41) is 0. The highest BCUT2D eigenvalue weighted by atomic mass is 14.5. The van der Waals surface area contributed by atoms with Crippen molar-refractivity contribution in [2.75, 3.05) is 0 Å². The molecule has 624 valence electrons. The molecule has 8 unspecified atom stereocenters. The molecule has 0 aromatic carbocycles. The van der Waals surface area contributed by atoms with Crippen LogP contribution in [0.3, 0.4) is 0 Å². The van der Waals surface area contributed by atoms with Gasteiger partial charge in [0.15, 0.2) is 0 Å². The highest BCUT2D eigenvalue weighted by Gasteiger charge is 2.45. The van der Waals surface area contributed by atoms with E-state index in [-0.39, 0.29) is 0 Å². The summed E-state index contributed by atoms with van der Waals surface area (Å²) in [6, 6.07) is 0. The highest BCUT2D eigenvalue weighted by molar-refractivity contribution is 4.95. The zero-order chi connectivity index (χ0) is 85.4. The van der Waals surface area contributed by atoms with Gasteiger partial charge in [0.25, 0.3) is 0 Å². The average molecular weight is 1430 g/mol. The molecule has 0 nitrogen and oxygen atoms in total. The van der Waals surface area contributed by atoms with Crippen molar-refractivity contribution in [3.63, 3.8) is 0 Å². The third-order valence-corrected chi connectivity index (χ3v) is 34.1. The van der Waals surface area contributed by atoms with Crippen molar-refractivity contribution in [2.45, 2.75) is 501 Å². The first-order chi connectivity index (χ1) is 43.3. The molecule has 0 heteroatoms. The second-order valence-corrected chi connectivity index (χ2v) is 49.0. The molecule has 0 heterocycles. The van der Waals surface area contributed by atoms with Crippen LogP contribution in [-0.4, -0.2) is 0 Å². The smallest absolute Gasteiger partial charge is 0.0252 e. The monoisotopic (exact) mass is 1430 g/mol. The first-order valence-electron chi connectivity index (χ1n) is 43.3. The maximum absolute atomic E-state index is 2.44. The molecule has 101 heavy (non-hydrogen) atoms. The third kappa shape index (κ3) is 38.0. The quantitative estimate of drug-likeness (QED) is 0.136. The Hall–Kier alpha value is 0. The lowest BCUT2D eigenvalue weighted by molar-refractivity contribution is 0.00321. The van der Waals surface area contributed by atoms with E-state index in [0.29, 0.717) is 103 Å². The molecule has 0 rings (SSSR count). The summed E-state index contributed by atoms with van der Waals surface area (Å²) in [5.74, 6) is 7.00. The van der Waals surface area contributed by atoms with Gasteiger partial charge in [0.2, 0.25) is 0 Å². The number of hydrogen-bond donors (Lipinski definition) is 0. The predicted octanol–water partition coefficient (Wildman–Crippen LogP) is 37.6. The molecule has 0 radical (unpaired) electrons. The minimum absolute atomic E-state index is 0.375. The van der Waals surface area contributed by atoms with E-state index in [1.807, 2.05) is 0 Å². The summed E-state index contributed by atoms with van der Waals surface area (Å²) in [4.78, 5) is 0. The van der Waals surface area contributed by atoms with Crippen LogP contribution in [0.15, 0.2) is 0 Å². The molecule has 0 saturated heterocycles. The normalized spacial score (nSPS) is 17.1. The Morgan fingerprint density at radius 1 is 0.198 bits per heavy atom. The lowest BCUT2D eigenvalue weighted by Crippen LogP contribution is -2.41. The summed E-state index contributed by atoms with van der Waals surface area (Å²) in [7, 11) is 0. The molecule has 8 atom stereocenters. The number of hydrogen-bond acceptors (Lipinski definition) is 0. The molecule has 0 aromatic rings. The van der Waals surface area contributed by atoms with Crippen LogP contribution < -0.4 is 0 Å². The molecule has 0 aromatic heterocycles. The summed E-state index contributed by atoms with van der Waals surface area (Å²) < 4.78 is 0. The highest BCUT2D eigenvalue weighted by Crippen LogP contribution is 2.54. The summed E-state index contributed by atoms with van der Waals surface area (Å²) in [6.07, 6.45) is 10.2. The maximum Gasteiger partial charge on any atom is -0.0252 e. The van der Waals surface area contributed by atoms with Crippen molar-refractivity contribution < 1.29 is 0 Å². The van der Waals surface area contributed by atoms with Gasteiger partial charge in [-0.3, -0.25) is 0 Å². The maximum atomic E-state index is 2.44. The van der Waals surface area contributed by atoms with Gasteiger partial charge in [0.1, 0.15) is 0 Å². The van der Waals surface area contributed by atoms with E-state index in [4.69, 9.17) is 0 Å². The van der Waals surface area contributed by atoms with Gasteiger partial charge in [-0.1, -0.05) is 482 Å². The van der Waals surface area contributed by atoms with E-state index in [1.54, 1.807) is 0 Å². The Balaban J connectivity index is -0.000000135. The van der Waals surface area contributed by atoms with Gasteiger partial charge in [-0.15, -0.1) is 0 Å². The van der Waals surface area contributed by atoms with Gasteiger partial charge in [-0.25, -0.2) is 0 Å². The molecule has 0 spiro atoms. The standard InChI is InChI=1S/2C13H28.2C12H26.2C11H24.2C10H22.C9H20/c1-10(11(2,3)4)13(8,9)12(5,6)7;1-9-13(8,12(5,6)7)11(4)10(2)3;1-9(2)10(3)12(7,8)11(4,5)6;1-8-10(3)12(7,9-2)11(4,5)6;1-8-9(2)11(6,7)10(3,4)5;1-8-11(7,9(2)3)10(4,5)6;1-8(2)10(6,7)9(3,4)5;1-7-10(6,8-2)9(3,4)5;1-7-9(5,6)8(2,3)4/h10H,1-9H3;10-11H,9H2,1-8H3;9-10H,1-8H3;10H,8-9H2,1-7H3;2*9H,8H2,1-7H3;8H,1-7H3;7-8H2,1-6H3;7H2,1-6H3. The largest absolute Gasteiger partial charge is 0.0651 e. The number of rotatable bonds is 17. The second kappa shape index (κ2) is 44.1. The van der Waals surface area contributed by atoms with E-state index in [9.17, 15) is 0 Å². The Morgan fingerprint density at radius 3 is 0.505 bits per heavy atom. The van der Waals surface area contributed by atoms with Crippen LogP contribution in [0, 0.1) is 156 Å². The zero-order valence-corrected chi connectivity index (χ0v) is 85.4. The van der Waals surface area contributed by atoms with Crippen molar-refractivity contribution in [3.8, 4) is 0 Å². The Morgan fingerprint density at radius 2 is 0.455 bits per heavy atom. The third-order valence-electron chi connectivity index (χ3n) is 34.1. The fourth-order valence-corrected chi connectivity index (χ4v) is 13.3. The molecule has 0 amide bonds. The lowest BCUT2D eigenvalue weighted by atomic mass is 9.56. The molecule has 0 aliphatic carbocycles. The van der Waals surface area contributed by atoms with Gasteiger partial charge < -0.3 is 0 Å². The predicted molar refractivity (Wildman–Crippen MR) is 483 cm³/mol. The van der Waals surface area contributed by atoms with Gasteiger partial charge in [-0.05, 0) is 175 Å². The molecule has 0 N–H and O–H groups in total. The molecular formula is C101H220. The van der Waals surface area contributed by atoms with Gasteiger partial charge in [-0.2, -0.15) is 0 Å². The second-order valence-electron chi connectivity index (χ2n) is 49.0. The van der Waals surface area contributed by atoms with Crippen molar-refractivity contribution in [3.05, 3.63) is 0 Å². The van der Waals surface area contributed by atoms with E-state index in [0.717, 1.165) is 53.3 Å². The van der Waals surface area contributed by atoms with Crippen molar-refractivity contribution >= 4 is 0 Å². The van der Waals surface area contributed by atoms with Gasteiger partial charge in [0, 0.05) is 0 Å². The summed E-state index contributed by atoms with van der Waals surface area (Å²) in [5.41, 5.74) is 8.28. The minimum Gasteiger partial charge on any atom is -0.0651 e. The molecule has 0 fully saturated rings. The first kappa shape index (κ1) is 119. The van der Waals surface area contributed by atoms with E-state index in [2.05, 4.69) is 450 Å². The topological polar surface area (TPSA) is 0 Å². The molecule has 0 aliphatic rings. The van der Waals surface area contributed by atoms with Crippen molar-refractivity contribution in [1.29, 1.82) is 0 Å². The molecular weight excluding hydrogens is 1210 g/mol. The van der Waals surface area contributed by atoms with Gasteiger partial charge >= 0.3 is 0 Å². The Bertz CT molecular complexity index is 2010.